The SMILES string of the molecule is C/C(N)=C(/Br)C(C/C=C/N(N)CC(C)(C)C)NCc1cccc(C(F)(F)F)c1. The van der Waals surface area contributed by atoms with Crippen LogP contribution in [0.3, 0.4) is 0 Å². The lowest BCUT2D eigenvalue weighted by molar-refractivity contribution is -0.137. The van der Waals surface area contributed by atoms with Crippen molar-refractivity contribution >= 4 is 15.9 Å². The second kappa shape index (κ2) is 10.3. The van der Waals surface area contributed by atoms with Gasteiger partial charge in [0.15, 0.2) is 0 Å². The second-order valence-electron chi connectivity index (χ2n) is 8.02. The van der Waals surface area contributed by atoms with Gasteiger partial charge in [0.25, 0.3) is 0 Å². The minimum Gasteiger partial charge on any atom is -0.402 e. The summed E-state index contributed by atoms with van der Waals surface area (Å²) in [5.41, 5.74) is 6.45. The van der Waals surface area contributed by atoms with E-state index in [9.17, 15) is 13.2 Å². The van der Waals surface area contributed by atoms with Crippen LogP contribution in [-0.2, 0) is 12.7 Å². The molecule has 0 bridgehead atoms. The van der Waals surface area contributed by atoms with Crippen molar-refractivity contribution in [2.45, 2.75) is 52.9 Å². The van der Waals surface area contributed by atoms with Crippen molar-refractivity contribution in [3.8, 4) is 0 Å². The maximum absolute atomic E-state index is 12.9. The number of nitrogens with one attached hydrogen (secondary N) is 1. The van der Waals surface area contributed by atoms with Crippen LogP contribution >= 0.6 is 15.9 Å². The van der Waals surface area contributed by atoms with Crippen molar-refractivity contribution in [2.75, 3.05) is 6.54 Å². The summed E-state index contributed by atoms with van der Waals surface area (Å²) in [6.45, 7) is 9.02. The molecule has 0 aromatic heterocycles. The zero-order chi connectivity index (χ0) is 21.5. The largest absolute Gasteiger partial charge is 0.416 e. The van der Waals surface area contributed by atoms with E-state index in [4.69, 9.17) is 11.6 Å². The van der Waals surface area contributed by atoms with E-state index in [0.717, 1.165) is 16.6 Å². The zero-order valence-electron chi connectivity index (χ0n) is 16.8. The molecule has 0 radical (unpaired) electrons. The van der Waals surface area contributed by atoms with E-state index in [-0.39, 0.29) is 18.0 Å². The van der Waals surface area contributed by atoms with Gasteiger partial charge < -0.3 is 16.1 Å². The Balaban J connectivity index is 2.81. The van der Waals surface area contributed by atoms with Gasteiger partial charge in [0.05, 0.1) is 5.56 Å². The fourth-order valence-corrected chi connectivity index (χ4v) is 2.93. The minimum atomic E-state index is -4.36. The molecule has 1 aromatic rings. The maximum atomic E-state index is 12.9. The molecule has 0 spiro atoms. The molecule has 28 heavy (non-hydrogen) atoms. The fraction of sp³-hybridized carbons (Fsp3) is 0.500. The Morgan fingerprint density at radius 1 is 1.29 bits per heavy atom. The number of hydrazine groups is 1. The predicted molar refractivity (Wildman–Crippen MR) is 112 cm³/mol. The third kappa shape index (κ3) is 9.12. The normalized spacial score (nSPS) is 14.9. The third-order valence-corrected chi connectivity index (χ3v) is 4.99. The van der Waals surface area contributed by atoms with E-state index in [1.807, 2.05) is 6.08 Å². The highest BCUT2D eigenvalue weighted by Crippen LogP contribution is 2.29. The maximum Gasteiger partial charge on any atom is 0.416 e. The second-order valence-corrected chi connectivity index (χ2v) is 8.87. The predicted octanol–water partition coefficient (Wildman–Crippen LogP) is 4.87. The van der Waals surface area contributed by atoms with Gasteiger partial charge in [-0.2, -0.15) is 13.2 Å². The van der Waals surface area contributed by atoms with E-state index < -0.39 is 11.7 Å². The van der Waals surface area contributed by atoms with E-state index in [0.29, 0.717) is 24.2 Å². The molecule has 158 valence electrons. The average molecular weight is 463 g/mol. The number of alkyl halides is 3. The monoisotopic (exact) mass is 462 g/mol. The number of nitrogens with two attached hydrogens (primary N) is 2. The van der Waals surface area contributed by atoms with Crippen LogP contribution in [0.5, 0.6) is 0 Å². The van der Waals surface area contributed by atoms with Gasteiger partial charge >= 0.3 is 6.18 Å². The summed E-state index contributed by atoms with van der Waals surface area (Å²) >= 11 is 3.48. The molecular weight excluding hydrogens is 433 g/mol. The highest BCUT2D eigenvalue weighted by atomic mass is 79.9. The zero-order valence-corrected chi connectivity index (χ0v) is 18.4. The van der Waals surface area contributed by atoms with E-state index in [1.54, 1.807) is 24.2 Å². The van der Waals surface area contributed by atoms with Crippen LogP contribution in [0.2, 0.25) is 0 Å². The summed E-state index contributed by atoms with van der Waals surface area (Å²) in [5, 5.41) is 4.88. The summed E-state index contributed by atoms with van der Waals surface area (Å²) in [6, 6.07) is 5.10. The number of benzene rings is 1. The van der Waals surface area contributed by atoms with Crippen LogP contribution in [0.15, 0.2) is 46.7 Å². The Labute approximate surface area is 173 Å². The van der Waals surface area contributed by atoms with Crippen molar-refractivity contribution in [3.63, 3.8) is 0 Å². The molecule has 0 saturated carbocycles. The van der Waals surface area contributed by atoms with Crippen LogP contribution in [0.4, 0.5) is 13.2 Å². The smallest absolute Gasteiger partial charge is 0.402 e. The van der Waals surface area contributed by atoms with Gasteiger partial charge in [-0.25, -0.2) is 5.84 Å². The number of halogens is 4. The lowest BCUT2D eigenvalue weighted by atomic mass is 9.97. The quantitative estimate of drug-likeness (QED) is 0.380. The lowest BCUT2D eigenvalue weighted by Gasteiger charge is -2.25. The highest BCUT2D eigenvalue weighted by molar-refractivity contribution is 9.11. The molecule has 1 aromatic carbocycles. The van der Waals surface area contributed by atoms with Crippen molar-refractivity contribution in [2.24, 2.45) is 17.0 Å². The third-order valence-electron chi connectivity index (χ3n) is 3.82. The first-order chi connectivity index (χ1) is 12.8. The molecule has 1 atom stereocenters. The van der Waals surface area contributed by atoms with E-state index in [2.05, 4.69) is 42.0 Å². The molecule has 4 nitrogen and oxygen atoms in total. The van der Waals surface area contributed by atoms with E-state index >= 15 is 0 Å². The van der Waals surface area contributed by atoms with Gasteiger partial charge in [-0.15, -0.1) is 0 Å². The summed E-state index contributed by atoms with van der Waals surface area (Å²) in [5.74, 6) is 5.98. The summed E-state index contributed by atoms with van der Waals surface area (Å²) < 4.78 is 39.4. The number of allylic oxidation sites excluding steroid dienone is 1. The van der Waals surface area contributed by atoms with Gasteiger partial charge in [0.2, 0.25) is 0 Å². The molecule has 8 heteroatoms. The van der Waals surface area contributed by atoms with Gasteiger partial charge in [-0.3, -0.25) is 0 Å². The topological polar surface area (TPSA) is 67.3 Å². The lowest BCUT2D eigenvalue weighted by Crippen LogP contribution is -2.34. The highest BCUT2D eigenvalue weighted by Gasteiger charge is 2.30. The summed E-state index contributed by atoms with van der Waals surface area (Å²) in [6.07, 6.45) is -0.0634. The number of hydrogen-bond acceptors (Lipinski definition) is 4. The standard InChI is InChI=1S/C20H30BrF3N4/c1-14(25)18(21)17(9-6-10-28(26)13-19(2,3)4)27-12-15-7-5-8-16(11-15)20(22,23)24/h5-8,10-11,17,27H,9,12-13,25-26H2,1-4H3/b10-6+,18-14-. The molecule has 0 amide bonds. The van der Waals surface area contributed by atoms with Crippen LogP contribution in [0.25, 0.3) is 0 Å². The molecular formula is C20H30BrF3N4. The molecule has 0 aliphatic heterocycles. The minimum absolute atomic E-state index is 0.0641. The van der Waals surface area contributed by atoms with Crippen molar-refractivity contribution in [3.05, 3.63) is 57.8 Å². The molecule has 1 unspecified atom stereocenters. The number of rotatable bonds is 8. The Morgan fingerprint density at radius 3 is 2.46 bits per heavy atom. The Kier molecular flexibility index (Phi) is 9.04. The number of nitrogens with zero attached hydrogens (tertiary/aromatic N) is 1. The summed E-state index contributed by atoms with van der Waals surface area (Å²) in [4.78, 5) is 0. The average Bonchev–Trinajstić information content (AvgIpc) is 2.55. The van der Waals surface area contributed by atoms with Crippen molar-refractivity contribution in [1.29, 1.82) is 0 Å². The van der Waals surface area contributed by atoms with Gasteiger partial charge in [0.1, 0.15) is 0 Å². The van der Waals surface area contributed by atoms with Crippen LogP contribution < -0.4 is 16.9 Å². The first-order valence-electron chi connectivity index (χ1n) is 8.99. The molecule has 0 aliphatic carbocycles. The molecule has 0 saturated heterocycles. The Morgan fingerprint density at radius 2 is 1.93 bits per heavy atom. The van der Waals surface area contributed by atoms with Crippen LogP contribution in [-0.4, -0.2) is 17.6 Å². The van der Waals surface area contributed by atoms with E-state index in [1.165, 1.54) is 6.07 Å². The summed E-state index contributed by atoms with van der Waals surface area (Å²) in [7, 11) is 0. The van der Waals surface area contributed by atoms with Crippen molar-refractivity contribution < 1.29 is 13.2 Å². The molecule has 5 N–H and O–H groups in total. The Bertz CT molecular complexity index is 689. The molecule has 1 rings (SSSR count). The van der Waals surface area contributed by atoms with Crippen LogP contribution in [0.1, 0.15) is 45.2 Å². The van der Waals surface area contributed by atoms with Crippen LogP contribution in [0, 0.1) is 5.41 Å². The van der Waals surface area contributed by atoms with Gasteiger partial charge in [0, 0.05) is 35.5 Å². The first-order valence-corrected chi connectivity index (χ1v) is 9.78. The molecule has 0 fully saturated rings. The fourth-order valence-electron chi connectivity index (χ4n) is 2.58. The number of hydrogen-bond donors (Lipinski definition) is 3. The molecule has 0 heterocycles. The van der Waals surface area contributed by atoms with Gasteiger partial charge in [-0.05, 0) is 30.4 Å². The van der Waals surface area contributed by atoms with Gasteiger partial charge in [-0.1, -0.05) is 61.0 Å². The Hall–Kier alpha value is -1.51. The first kappa shape index (κ1) is 24.5. The van der Waals surface area contributed by atoms with Crippen molar-refractivity contribution in [1.82, 2.24) is 10.3 Å². The molecule has 0 aliphatic rings.